The normalized spacial score (nSPS) is 19.2. The molecule has 2 heterocycles. The Kier molecular flexibility index (Phi) is 5.03. The van der Waals surface area contributed by atoms with Gasteiger partial charge in [0.2, 0.25) is 0 Å². The second-order valence-corrected chi connectivity index (χ2v) is 7.72. The highest BCUT2D eigenvalue weighted by molar-refractivity contribution is 6.08. The van der Waals surface area contributed by atoms with Crippen molar-refractivity contribution in [1.82, 2.24) is 0 Å². The van der Waals surface area contributed by atoms with Crippen LogP contribution in [0.4, 0.5) is 17.1 Å². The minimum Gasteiger partial charge on any atom is -0.366 e. The first-order valence-corrected chi connectivity index (χ1v) is 10.0. The number of amides is 1. The van der Waals surface area contributed by atoms with E-state index in [1.807, 2.05) is 31.2 Å². The third kappa shape index (κ3) is 3.35. The van der Waals surface area contributed by atoms with E-state index in [1.165, 1.54) is 6.07 Å². The lowest BCUT2D eigenvalue weighted by molar-refractivity contribution is -0.384. The molecule has 6 heteroatoms. The van der Waals surface area contributed by atoms with Crippen molar-refractivity contribution in [3.8, 4) is 0 Å². The van der Waals surface area contributed by atoms with Crippen LogP contribution in [-0.2, 0) is 6.42 Å². The number of nitrogens with zero attached hydrogens (tertiary/aromatic N) is 3. The number of para-hydroxylation sites is 1. The summed E-state index contributed by atoms with van der Waals surface area (Å²) in [5.41, 5.74) is 3.05. The van der Waals surface area contributed by atoms with Crippen molar-refractivity contribution in [1.29, 1.82) is 0 Å². The van der Waals surface area contributed by atoms with Gasteiger partial charge in [-0.3, -0.25) is 14.9 Å². The number of carbonyl (C=O) groups excluding carboxylic acids is 1. The highest BCUT2D eigenvalue weighted by atomic mass is 16.6. The van der Waals surface area contributed by atoms with Gasteiger partial charge in [-0.05, 0) is 49.9 Å². The average Bonchev–Trinajstić information content (AvgIpc) is 2.85. The molecule has 0 aliphatic carbocycles. The van der Waals surface area contributed by atoms with Gasteiger partial charge in [0.25, 0.3) is 11.6 Å². The van der Waals surface area contributed by atoms with Crippen LogP contribution in [0.25, 0.3) is 0 Å². The van der Waals surface area contributed by atoms with Crippen molar-refractivity contribution in [3.05, 3.63) is 63.7 Å². The summed E-state index contributed by atoms with van der Waals surface area (Å²) in [6.07, 6.45) is 5.20. The molecule has 2 aliphatic heterocycles. The molecule has 28 heavy (non-hydrogen) atoms. The van der Waals surface area contributed by atoms with Crippen LogP contribution < -0.4 is 9.80 Å². The molecule has 0 aromatic heterocycles. The van der Waals surface area contributed by atoms with Crippen molar-refractivity contribution in [2.45, 2.75) is 45.1 Å². The fraction of sp³-hybridized carbons (Fsp3) is 0.409. The van der Waals surface area contributed by atoms with Gasteiger partial charge in [-0.25, -0.2) is 0 Å². The lowest BCUT2D eigenvalue weighted by atomic mass is 10.1. The molecule has 6 nitrogen and oxygen atoms in total. The molecule has 0 unspecified atom stereocenters. The Morgan fingerprint density at radius 2 is 1.75 bits per heavy atom. The van der Waals surface area contributed by atoms with Crippen molar-refractivity contribution in [2.75, 3.05) is 22.9 Å². The highest BCUT2D eigenvalue weighted by Crippen LogP contribution is 2.35. The maximum atomic E-state index is 13.2. The molecule has 2 aromatic rings. The zero-order valence-electron chi connectivity index (χ0n) is 16.1. The Balaban J connectivity index is 1.68. The van der Waals surface area contributed by atoms with Crippen LogP contribution in [0.1, 0.15) is 48.5 Å². The number of hydrogen-bond donors (Lipinski definition) is 0. The van der Waals surface area contributed by atoms with Crippen LogP contribution in [0.15, 0.2) is 42.5 Å². The molecule has 1 fully saturated rings. The van der Waals surface area contributed by atoms with Gasteiger partial charge in [0.1, 0.15) is 5.69 Å². The quantitative estimate of drug-likeness (QED) is 0.579. The maximum absolute atomic E-state index is 13.2. The van der Waals surface area contributed by atoms with E-state index in [1.54, 1.807) is 17.0 Å². The summed E-state index contributed by atoms with van der Waals surface area (Å²) in [5, 5.41) is 11.8. The Hall–Kier alpha value is -2.89. The highest BCUT2D eigenvalue weighted by Gasteiger charge is 2.32. The van der Waals surface area contributed by atoms with E-state index in [4.69, 9.17) is 0 Å². The van der Waals surface area contributed by atoms with E-state index in [9.17, 15) is 14.9 Å². The lowest BCUT2D eigenvalue weighted by Gasteiger charge is -2.25. The molecule has 0 saturated carbocycles. The van der Waals surface area contributed by atoms with Crippen LogP contribution in [0, 0.1) is 10.1 Å². The molecule has 146 valence electrons. The SMILES string of the molecule is C[C@@H]1Cc2ccccc2N1C(=O)c1ccc(N2CCCCCC2)c([N+](=O)[O-])c1. The van der Waals surface area contributed by atoms with Gasteiger partial charge in [0.05, 0.1) is 4.92 Å². The van der Waals surface area contributed by atoms with Crippen LogP contribution in [0.5, 0.6) is 0 Å². The number of hydrogen-bond acceptors (Lipinski definition) is 4. The molecule has 0 bridgehead atoms. The van der Waals surface area contributed by atoms with Gasteiger partial charge >= 0.3 is 0 Å². The summed E-state index contributed by atoms with van der Waals surface area (Å²) < 4.78 is 0. The van der Waals surface area contributed by atoms with Crippen LogP contribution in [0.2, 0.25) is 0 Å². The van der Waals surface area contributed by atoms with Gasteiger partial charge in [0, 0.05) is 36.4 Å². The number of anilines is 2. The third-order valence-electron chi connectivity index (χ3n) is 5.79. The van der Waals surface area contributed by atoms with Crippen LogP contribution >= 0.6 is 0 Å². The van der Waals surface area contributed by atoms with Crippen molar-refractivity contribution < 1.29 is 9.72 Å². The number of rotatable bonds is 3. The number of carbonyl (C=O) groups is 1. The summed E-state index contributed by atoms with van der Waals surface area (Å²) in [4.78, 5) is 28.5. The number of benzene rings is 2. The van der Waals surface area contributed by atoms with E-state index in [0.29, 0.717) is 11.3 Å². The topological polar surface area (TPSA) is 66.7 Å². The zero-order chi connectivity index (χ0) is 19.7. The summed E-state index contributed by atoms with van der Waals surface area (Å²) in [7, 11) is 0. The summed E-state index contributed by atoms with van der Waals surface area (Å²) >= 11 is 0. The van der Waals surface area contributed by atoms with Crippen LogP contribution in [-0.4, -0.2) is 30.0 Å². The number of nitro groups is 1. The predicted octanol–water partition coefficient (Wildman–Crippen LogP) is 4.57. The Labute approximate surface area is 164 Å². The largest absolute Gasteiger partial charge is 0.366 e. The maximum Gasteiger partial charge on any atom is 0.293 e. The Bertz CT molecular complexity index is 904. The molecule has 2 aromatic carbocycles. The summed E-state index contributed by atoms with van der Waals surface area (Å²) in [6, 6.07) is 12.8. The molecule has 1 saturated heterocycles. The van der Waals surface area contributed by atoms with Crippen molar-refractivity contribution in [3.63, 3.8) is 0 Å². The Morgan fingerprint density at radius 3 is 2.46 bits per heavy atom. The van der Waals surface area contributed by atoms with E-state index >= 15 is 0 Å². The lowest BCUT2D eigenvalue weighted by Crippen LogP contribution is -2.35. The molecule has 0 radical (unpaired) electrons. The van der Waals surface area contributed by atoms with Gasteiger partial charge in [-0.2, -0.15) is 0 Å². The van der Waals surface area contributed by atoms with Crippen molar-refractivity contribution >= 4 is 23.0 Å². The second kappa shape index (κ2) is 7.62. The molecule has 1 atom stereocenters. The fourth-order valence-electron chi connectivity index (χ4n) is 4.40. The minimum absolute atomic E-state index is 0.0212. The molecule has 0 N–H and O–H groups in total. The smallest absolute Gasteiger partial charge is 0.293 e. The first kappa shape index (κ1) is 18.5. The van der Waals surface area contributed by atoms with Gasteiger partial charge in [-0.15, -0.1) is 0 Å². The minimum atomic E-state index is -0.363. The zero-order valence-corrected chi connectivity index (χ0v) is 16.1. The van der Waals surface area contributed by atoms with Gasteiger partial charge in [0.15, 0.2) is 0 Å². The monoisotopic (exact) mass is 379 g/mol. The van der Waals surface area contributed by atoms with Crippen molar-refractivity contribution in [2.24, 2.45) is 0 Å². The average molecular weight is 379 g/mol. The van der Waals surface area contributed by atoms with E-state index in [2.05, 4.69) is 4.90 Å². The standard InChI is InChI=1S/C22H25N3O3/c1-16-14-17-8-4-5-9-19(17)24(16)22(26)18-10-11-20(21(15-18)25(27)28)23-12-6-2-3-7-13-23/h4-5,8-11,15-16H,2-3,6-7,12-14H2,1H3/t16-/m1/s1. The summed E-state index contributed by atoms with van der Waals surface area (Å²) in [5.74, 6) is -0.178. The Morgan fingerprint density at radius 1 is 1.04 bits per heavy atom. The second-order valence-electron chi connectivity index (χ2n) is 7.72. The predicted molar refractivity (Wildman–Crippen MR) is 110 cm³/mol. The van der Waals surface area contributed by atoms with Crippen LogP contribution in [0.3, 0.4) is 0 Å². The molecular formula is C22H25N3O3. The van der Waals surface area contributed by atoms with E-state index < -0.39 is 0 Å². The molecular weight excluding hydrogens is 354 g/mol. The van der Waals surface area contributed by atoms with Gasteiger partial charge in [-0.1, -0.05) is 31.0 Å². The number of nitro benzene ring substituents is 1. The van der Waals surface area contributed by atoms with Gasteiger partial charge < -0.3 is 9.80 Å². The van der Waals surface area contributed by atoms with E-state index in [0.717, 1.165) is 56.4 Å². The van der Waals surface area contributed by atoms with E-state index in [-0.39, 0.29) is 22.6 Å². The summed E-state index contributed by atoms with van der Waals surface area (Å²) in [6.45, 7) is 3.66. The number of fused-ring (bicyclic) bond motifs is 1. The first-order chi connectivity index (χ1) is 13.6. The third-order valence-corrected chi connectivity index (χ3v) is 5.79. The molecule has 4 rings (SSSR count). The molecule has 2 aliphatic rings. The fourth-order valence-corrected chi connectivity index (χ4v) is 4.40. The molecule has 0 spiro atoms. The molecule has 1 amide bonds. The first-order valence-electron chi connectivity index (χ1n) is 10.0.